The Balaban J connectivity index is 1.69. The van der Waals surface area contributed by atoms with Crippen molar-refractivity contribution in [1.82, 2.24) is 10.3 Å². The topological polar surface area (TPSA) is 99.9 Å². The van der Waals surface area contributed by atoms with E-state index in [1.807, 2.05) is 18.2 Å². The zero-order chi connectivity index (χ0) is 20.7. The third-order valence-electron chi connectivity index (χ3n) is 5.09. The first-order valence-electron chi connectivity index (χ1n) is 9.55. The Morgan fingerprint density at radius 1 is 1.10 bits per heavy atom. The molecule has 1 aromatic heterocycles. The first-order chi connectivity index (χ1) is 14.0. The van der Waals surface area contributed by atoms with Crippen molar-refractivity contribution in [3.05, 3.63) is 48.8 Å². The van der Waals surface area contributed by atoms with Crippen molar-refractivity contribution in [3.63, 3.8) is 0 Å². The lowest BCUT2D eigenvalue weighted by Crippen LogP contribution is -2.39. The SMILES string of the molecule is N#CCNC(=O)C1CCCCC1CS(=O)(=O)c1ccc(Sc2ccncc2)cc1. The van der Waals surface area contributed by atoms with Crippen LogP contribution in [-0.4, -0.2) is 31.6 Å². The first-order valence-corrected chi connectivity index (χ1v) is 12.0. The number of hydrogen-bond donors (Lipinski definition) is 1. The molecule has 0 radical (unpaired) electrons. The number of benzene rings is 1. The van der Waals surface area contributed by atoms with Gasteiger partial charge in [0.25, 0.3) is 0 Å². The molecule has 2 aromatic rings. The lowest BCUT2D eigenvalue weighted by Gasteiger charge is -2.30. The lowest BCUT2D eigenvalue weighted by molar-refractivity contribution is -0.127. The van der Waals surface area contributed by atoms with Gasteiger partial charge in [0.15, 0.2) is 9.84 Å². The predicted molar refractivity (Wildman–Crippen MR) is 111 cm³/mol. The summed E-state index contributed by atoms with van der Waals surface area (Å²) < 4.78 is 25.9. The van der Waals surface area contributed by atoms with E-state index in [9.17, 15) is 13.2 Å². The van der Waals surface area contributed by atoms with Gasteiger partial charge in [0, 0.05) is 28.1 Å². The van der Waals surface area contributed by atoms with Gasteiger partial charge < -0.3 is 5.32 Å². The third kappa shape index (κ3) is 5.81. The number of nitrogens with one attached hydrogen (secondary N) is 1. The van der Waals surface area contributed by atoms with Crippen molar-refractivity contribution in [2.45, 2.75) is 40.4 Å². The van der Waals surface area contributed by atoms with Crippen molar-refractivity contribution in [3.8, 4) is 6.07 Å². The minimum atomic E-state index is -3.50. The summed E-state index contributed by atoms with van der Waals surface area (Å²) in [7, 11) is -3.50. The Morgan fingerprint density at radius 3 is 2.45 bits per heavy atom. The molecule has 1 fully saturated rings. The van der Waals surface area contributed by atoms with Crippen LogP contribution in [0.1, 0.15) is 25.7 Å². The van der Waals surface area contributed by atoms with Gasteiger partial charge in [-0.2, -0.15) is 5.26 Å². The molecule has 1 heterocycles. The molecule has 8 heteroatoms. The molecule has 2 unspecified atom stereocenters. The second-order valence-electron chi connectivity index (χ2n) is 7.06. The molecule has 152 valence electrons. The maximum absolute atomic E-state index is 13.0. The molecule has 1 amide bonds. The molecule has 1 aromatic carbocycles. The van der Waals surface area contributed by atoms with Gasteiger partial charge in [-0.3, -0.25) is 9.78 Å². The number of carbonyl (C=O) groups is 1. The van der Waals surface area contributed by atoms with Gasteiger partial charge in [-0.25, -0.2) is 8.42 Å². The van der Waals surface area contributed by atoms with Gasteiger partial charge in [0.05, 0.1) is 16.7 Å². The van der Waals surface area contributed by atoms with E-state index in [4.69, 9.17) is 5.26 Å². The van der Waals surface area contributed by atoms with Gasteiger partial charge >= 0.3 is 0 Å². The molecule has 1 aliphatic carbocycles. The molecular weight excluding hydrogens is 406 g/mol. The molecule has 0 spiro atoms. The Labute approximate surface area is 175 Å². The second-order valence-corrected chi connectivity index (χ2v) is 10.2. The van der Waals surface area contributed by atoms with Gasteiger partial charge in [-0.15, -0.1) is 0 Å². The van der Waals surface area contributed by atoms with E-state index < -0.39 is 9.84 Å². The van der Waals surface area contributed by atoms with Crippen LogP contribution in [0.4, 0.5) is 0 Å². The number of hydrogen-bond acceptors (Lipinski definition) is 6. The zero-order valence-electron chi connectivity index (χ0n) is 16.0. The highest BCUT2D eigenvalue weighted by Crippen LogP contribution is 2.33. The minimum Gasteiger partial charge on any atom is -0.343 e. The van der Waals surface area contributed by atoms with Crippen LogP contribution in [0.25, 0.3) is 0 Å². The monoisotopic (exact) mass is 429 g/mol. The smallest absolute Gasteiger partial charge is 0.224 e. The molecule has 1 saturated carbocycles. The van der Waals surface area contributed by atoms with E-state index in [2.05, 4.69) is 10.3 Å². The summed E-state index contributed by atoms with van der Waals surface area (Å²) in [6, 6.07) is 12.6. The van der Waals surface area contributed by atoms with Crippen LogP contribution >= 0.6 is 11.8 Å². The molecule has 6 nitrogen and oxygen atoms in total. The molecule has 3 rings (SSSR count). The van der Waals surface area contributed by atoms with E-state index in [1.165, 1.54) is 0 Å². The summed E-state index contributed by atoms with van der Waals surface area (Å²) in [6.07, 6.45) is 6.63. The van der Waals surface area contributed by atoms with Crippen LogP contribution in [0.5, 0.6) is 0 Å². The number of carbonyl (C=O) groups excluding carboxylic acids is 1. The maximum Gasteiger partial charge on any atom is 0.224 e. The minimum absolute atomic E-state index is 0.0471. The fraction of sp³-hybridized carbons (Fsp3) is 0.381. The summed E-state index contributed by atoms with van der Waals surface area (Å²) in [6.45, 7) is -0.0502. The highest BCUT2D eigenvalue weighted by Gasteiger charge is 2.34. The van der Waals surface area contributed by atoms with Gasteiger partial charge in [-0.05, 0) is 55.2 Å². The number of amides is 1. The standard InChI is InChI=1S/C21H23N3O3S2/c22-11-14-24-21(25)20-4-2-1-3-16(20)15-29(26,27)19-7-5-17(6-8-19)28-18-9-12-23-13-10-18/h5-10,12-13,16,20H,1-4,14-15H2,(H,24,25). The number of sulfone groups is 1. The Kier molecular flexibility index (Phi) is 7.29. The fourth-order valence-electron chi connectivity index (χ4n) is 3.65. The van der Waals surface area contributed by atoms with Crippen molar-refractivity contribution in [1.29, 1.82) is 5.26 Å². The Hall–Kier alpha value is -2.37. The summed E-state index contributed by atoms with van der Waals surface area (Å²) in [4.78, 5) is 18.6. The first kappa shape index (κ1) is 21.3. The van der Waals surface area contributed by atoms with Gasteiger partial charge in [-0.1, -0.05) is 24.6 Å². The normalized spacial score (nSPS) is 19.3. The number of nitrogens with zero attached hydrogens (tertiary/aromatic N) is 2. The second kappa shape index (κ2) is 9.90. The van der Waals surface area contributed by atoms with Crippen LogP contribution in [0.3, 0.4) is 0 Å². The number of nitriles is 1. The molecule has 1 N–H and O–H groups in total. The van der Waals surface area contributed by atoms with Crippen LogP contribution < -0.4 is 5.32 Å². The molecular formula is C21H23N3O3S2. The number of pyridine rings is 1. The molecule has 2 atom stereocenters. The quantitative estimate of drug-likeness (QED) is 0.677. The summed E-state index contributed by atoms with van der Waals surface area (Å²) in [5.41, 5.74) is 0. The zero-order valence-corrected chi connectivity index (χ0v) is 17.6. The summed E-state index contributed by atoms with van der Waals surface area (Å²) in [5.74, 6) is -0.837. The molecule has 0 bridgehead atoms. The molecule has 1 aliphatic rings. The fourth-order valence-corrected chi connectivity index (χ4v) is 6.15. The molecule has 0 saturated heterocycles. The van der Waals surface area contributed by atoms with Crippen molar-refractivity contribution in [2.75, 3.05) is 12.3 Å². The van der Waals surface area contributed by atoms with E-state index in [1.54, 1.807) is 48.4 Å². The van der Waals surface area contributed by atoms with Crippen LogP contribution in [0.2, 0.25) is 0 Å². The van der Waals surface area contributed by atoms with E-state index in [0.29, 0.717) is 12.8 Å². The third-order valence-corrected chi connectivity index (χ3v) is 7.96. The number of aromatic nitrogens is 1. The van der Waals surface area contributed by atoms with Crippen molar-refractivity contribution < 1.29 is 13.2 Å². The highest BCUT2D eigenvalue weighted by molar-refractivity contribution is 7.99. The van der Waals surface area contributed by atoms with Gasteiger partial charge in [0.1, 0.15) is 6.54 Å². The van der Waals surface area contributed by atoms with Gasteiger partial charge in [0.2, 0.25) is 5.91 Å². The summed E-state index contributed by atoms with van der Waals surface area (Å²) >= 11 is 1.54. The van der Waals surface area contributed by atoms with Crippen LogP contribution in [0, 0.1) is 23.2 Å². The highest BCUT2D eigenvalue weighted by atomic mass is 32.2. The summed E-state index contributed by atoms with van der Waals surface area (Å²) in [5, 5.41) is 11.3. The molecule has 0 aliphatic heterocycles. The maximum atomic E-state index is 13.0. The van der Waals surface area contributed by atoms with Crippen LogP contribution in [0.15, 0.2) is 63.5 Å². The average molecular weight is 430 g/mol. The van der Waals surface area contributed by atoms with Crippen LogP contribution in [-0.2, 0) is 14.6 Å². The van der Waals surface area contributed by atoms with E-state index >= 15 is 0 Å². The predicted octanol–water partition coefficient (Wildman–Crippen LogP) is 3.45. The van der Waals surface area contributed by atoms with Crippen molar-refractivity contribution in [2.24, 2.45) is 11.8 Å². The Bertz CT molecular complexity index is 970. The van der Waals surface area contributed by atoms with E-state index in [0.717, 1.165) is 22.6 Å². The van der Waals surface area contributed by atoms with Crippen molar-refractivity contribution >= 4 is 27.5 Å². The largest absolute Gasteiger partial charge is 0.343 e. The molecule has 29 heavy (non-hydrogen) atoms. The average Bonchev–Trinajstić information content (AvgIpc) is 2.73. The number of rotatable bonds is 7. The van der Waals surface area contributed by atoms with E-state index in [-0.39, 0.29) is 34.9 Å². The lowest BCUT2D eigenvalue weighted by atomic mass is 9.80. The Morgan fingerprint density at radius 2 is 1.76 bits per heavy atom.